The van der Waals surface area contributed by atoms with Crippen LogP contribution in [0.2, 0.25) is 0 Å². The van der Waals surface area contributed by atoms with Crippen LogP contribution in [0.4, 0.5) is 11.4 Å². The van der Waals surface area contributed by atoms with Crippen LogP contribution in [0.5, 0.6) is 0 Å². The number of carbonyl (C=O) groups excluding carboxylic acids is 2. The van der Waals surface area contributed by atoms with E-state index >= 15 is 0 Å². The van der Waals surface area contributed by atoms with Crippen LogP contribution in [-0.4, -0.2) is 22.2 Å². The Morgan fingerprint density at radius 3 is 2.64 bits per heavy atom. The minimum absolute atomic E-state index is 0.108. The average Bonchev–Trinajstić information content (AvgIpc) is 2.91. The maximum atomic E-state index is 12.1. The molecule has 1 fully saturated rings. The van der Waals surface area contributed by atoms with Gasteiger partial charge in [0.25, 0.3) is 0 Å². The molecule has 1 heterocycles. The largest absolute Gasteiger partial charge is 0.326 e. The van der Waals surface area contributed by atoms with Crippen LogP contribution in [-0.2, 0) is 9.59 Å². The first-order valence-corrected chi connectivity index (χ1v) is 8.87. The van der Waals surface area contributed by atoms with E-state index in [-0.39, 0.29) is 18.2 Å². The third kappa shape index (κ3) is 4.48. The number of hydrogen-bond acceptors (Lipinski definition) is 4. The van der Waals surface area contributed by atoms with Gasteiger partial charge in [0.05, 0.1) is 5.69 Å². The lowest BCUT2D eigenvalue weighted by atomic mass is 10.1. The zero-order valence-electron chi connectivity index (χ0n) is 14.1. The van der Waals surface area contributed by atoms with Crippen LogP contribution in [0.25, 0.3) is 0 Å². The molecule has 2 amide bonds. The molecule has 1 aliphatic heterocycles. The Bertz CT molecular complexity index is 834. The lowest BCUT2D eigenvalue weighted by Crippen LogP contribution is -2.28. The number of rotatable bonds is 4. The number of carbonyl (C=O) groups is 2. The van der Waals surface area contributed by atoms with Gasteiger partial charge in [0.15, 0.2) is 5.17 Å². The molecule has 5 nitrogen and oxygen atoms in total. The van der Waals surface area contributed by atoms with E-state index in [1.54, 1.807) is 0 Å². The Morgan fingerprint density at radius 1 is 1.16 bits per heavy atom. The van der Waals surface area contributed by atoms with E-state index in [4.69, 9.17) is 0 Å². The molecular weight excluding hydrogens is 334 g/mol. The summed E-state index contributed by atoms with van der Waals surface area (Å²) in [6, 6.07) is 15.1. The Kier molecular flexibility index (Phi) is 5.19. The van der Waals surface area contributed by atoms with Gasteiger partial charge in [-0.25, -0.2) is 4.99 Å². The number of amides is 2. The average molecular weight is 353 g/mol. The van der Waals surface area contributed by atoms with E-state index in [1.807, 2.05) is 62.4 Å². The van der Waals surface area contributed by atoms with Gasteiger partial charge in [-0.2, -0.15) is 0 Å². The van der Waals surface area contributed by atoms with Crippen LogP contribution in [0.1, 0.15) is 17.5 Å². The molecule has 3 rings (SSSR count). The monoisotopic (exact) mass is 353 g/mol. The second kappa shape index (κ2) is 7.53. The predicted octanol–water partition coefficient (Wildman–Crippen LogP) is 3.55. The first-order chi connectivity index (χ1) is 12.0. The standard InChI is InChI=1S/C19H19N3O2S/c1-12-8-9-15(10-13(12)2)21-19-22-18(24)16(25-19)11-17(23)20-14-6-4-3-5-7-14/h3-10,16H,11H2,1-2H3,(H,20,23)(H,21,22,24)/t16-/m0/s1. The van der Waals surface area contributed by atoms with Crippen molar-refractivity contribution in [3.8, 4) is 0 Å². The molecule has 0 bridgehead atoms. The highest BCUT2D eigenvalue weighted by atomic mass is 32.2. The zero-order chi connectivity index (χ0) is 17.8. The zero-order valence-corrected chi connectivity index (χ0v) is 14.9. The summed E-state index contributed by atoms with van der Waals surface area (Å²) in [6.45, 7) is 4.07. The third-order valence-corrected chi connectivity index (χ3v) is 5.01. The SMILES string of the molecule is Cc1ccc(N=C2NC(=O)[C@H](CC(=O)Nc3ccccc3)S2)cc1C. The quantitative estimate of drug-likeness (QED) is 0.883. The molecule has 6 heteroatoms. The van der Waals surface area contributed by atoms with Crippen molar-refractivity contribution in [2.75, 3.05) is 5.32 Å². The van der Waals surface area contributed by atoms with Crippen LogP contribution in [0.3, 0.4) is 0 Å². The van der Waals surface area contributed by atoms with Crippen LogP contribution < -0.4 is 10.6 Å². The van der Waals surface area contributed by atoms with Gasteiger partial charge >= 0.3 is 0 Å². The fourth-order valence-electron chi connectivity index (χ4n) is 2.41. The first-order valence-electron chi connectivity index (χ1n) is 7.99. The summed E-state index contributed by atoms with van der Waals surface area (Å²) in [4.78, 5) is 28.7. The smallest absolute Gasteiger partial charge is 0.240 e. The van der Waals surface area contributed by atoms with E-state index in [0.29, 0.717) is 5.17 Å². The summed E-state index contributed by atoms with van der Waals surface area (Å²) in [5.41, 5.74) is 3.86. The van der Waals surface area contributed by atoms with Gasteiger partial charge in [0.2, 0.25) is 11.8 Å². The molecule has 1 atom stereocenters. The first kappa shape index (κ1) is 17.2. The molecule has 25 heavy (non-hydrogen) atoms. The Morgan fingerprint density at radius 2 is 1.92 bits per heavy atom. The number of benzene rings is 2. The number of nitrogens with one attached hydrogen (secondary N) is 2. The molecule has 0 aliphatic carbocycles. The number of thioether (sulfide) groups is 1. The fraction of sp³-hybridized carbons (Fsp3) is 0.211. The van der Waals surface area contributed by atoms with Crippen molar-refractivity contribution in [1.29, 1.82) is 0 Å². The van der Waals surface area contributed by atoms with Gasteiger partial charge in [-0.3, -0.25) is 9.59 Å². The van der Waals surface area contributed by atoms with Gasteiger partial charge in [0, 0.05) is 12.1 Å². The Balaban J connectivity index is 1.63. The molecule has 0 saturated carbocycles. The molecule has 0 spiro atoms. The molecule has 2 aromatic carbocycles. The molecule has 1 aliphatic rings. The summed E-state index contributed by atoms with van der Waals surface area (Å²) in [5.74, 6) is -0.373. The number of amidine groups is 1. The van der Waals surface area contributed by atoms with Gasteiger partial charge in [-0.1, -0.05) is 36.0 Å². The lowest BCUT2D eigenvalue weighted by molar-refractivity contribution is -0.122. The number of aliphatic imine (C=N–C) groups is 1. The summed E-state index contributed by atoms with van der Waals surface area (Å²) >= 11 is 1.29. The maximum Gasteiger partial charge on any atom is 0.240 e. The van der Waals surface area contributed by atoms with Gasteiger partial charge in [0.1, 0.15) is 5.25 Å². The van der Waals surface area contributed by atoms with Crippen molar-refractivity contribution in [1.82, 2.24) is 5.32 Å². The highest BCUT2D eigenvalue weighted by Gasteiger charge is 2.32. The topological polar surface area (TPSA) is 70.6 Å². The summed E-state index contributed by atoms with van der Waals surface area (Å²) in [5, 5.41) is 5.61. The number of nitrogens with zero attached hydrogens (tertiary/aromatic N) is 1. The van der Waals surface area contributed by atoms with Gasteiger partial charge < -0.3 is 10.6 Å². The summed E-state index contributed by atoms with van der Waals surface area (Å²) < 4.78 is 0. The molecular formula is C19H19N3O2S. The Hall–Kier alpha value is -2.60. The van der Waals surface area contributed by atoms with E-state index in [1.165, 1.54) is 17.3 Å². The van der Waals surface area contributed by atoms with Crippen LogP contribution >= 0.6 is 11.8 Å². The molecule has 0 unspecified atom stereocenters. The highest BCUT2D eigenvalue weighted by Crippen LogP contribution is 2.26. The number of hydrogen-bond donors (Lipinski definition) is 2. The van der Waals surface area contributed by atoms with Crippen molar-refractivity contribution in [3.05, 3.63) is 59.7 Å². The van der Waals surface area contributed by atoms with E-state index in [2.05, 4.69) is 15.6 Å². The second-order valence-corrected chi connectivity index (χ2v) is 7.09. The van der Waals surface area contributed by atoms with Crippen molar-refractivity contribution in [2.45, 2.75) is 25.5 Å². The minimum Gasteiger partial charge on any atom is -0.326 e. The van der Waals surface area contributed by atoms with Crippen LogP contribution in [0, 0.1) is 13.8 Å². The number of para-hydroxylation sites is 1. The molecule has 128 valence electrons. The second-order valence-electron chi connectivity index (χ2n) is 5.90. The van der Waals surface area contributed by atoms with Crippen molar-refractivity contribution >= 4 is 40.1 Å². The van der Waals surface area contributed by atoms with E-state index < -0.39 is 5.25 Å². The molecule has 0 radical (unpaired) electrons. The highest BCUT2D eigenvalue weighted by molar-refractivity contribution is 8.15. The van der Waals surface area contributed by atoms with Crippen molar-refractivity contribution in [2.24, 2.45) is 4.99 Å². The fourth-order valence-corrected chi connectivity index (χ4v) is 3.39. The predicted molar refractivity (Wildman–Crippen MR) is 102 cm³/mol. The van der Waals surface area contributed by atoms with E-state index in [9.17, 15) is 9.59 Å². The van der Waals surface area contributed by atoms with Crippen molar-refractivity contribution < 1.29 is 9.59 Å². The lowest BCUT2D eigenvalue weighted by Gasteiger charge is -2.07. The molecule has 1 saturated heterocycles. The normalized spacial score (nSPS) is 18.2. The third-order valence-electron chi connectivity index (χ3n) is 3.93. The minimum atomic E-state index is -0.464. The molecule has 0 aromatic heterocycles. The van der Waals surface area contributed by atoms with Gasteiger partial charge in [-0.15, -0.1) is 0 Å². The van der Waals surface area contributed by atoms with E-state index in [0.717, 1.165) is 16.9 Å². The Labute approximate surface area is 150 Å². The molecule has 2 aromatic rings. The number of aryl methyl sites for hydroxylation is 2. The van der Waals surface area contributed by atoms with Crippen molar-refractivity contribution in [3.63, 3.8) is 0 Å². The maximum absolute atomic E-state index is 12.1. The van der Waals surface area contributed by atoms with Gasteiger partial charge in [-0.05, 0) is 49.2 Å². The summed E-state index contributed by atoms with van der Waals surface area (Å²) in [7, 11) is 0. The molecule has 2 N–H and O–H groups in total. The number of anilines is 1. The summed E-state index contributed by atoms with van der Waals surface area (Å²) in [6.07, 6.45) is 0.108. The van der Waals surface area contributed by atoms with Crippen LogP contribution in [0.15, 0.2) is 53.5 Å².